The Balaban J connectivity index is 1.63. The van der Waals surface area contributed by atoms with Gasteiger partial charge in [0, 0.05) is 47.5 Å². The average Bonchev–Trinajstić information content (AvgIpc) is 2.81. The quantitative estimate of drug-likeness (QED) is 0.648. The molecular formula is C26H23FN4. The topological polar surface area (TPSA) is 50.2 Å². The van der Waals surface area contributed by atoms with E-state index in [0.29, 0.717) is 5.56 Å². The van der Waals surface area contributed by atoms with Gasteiger partial charge in [-0.15, -0.1) is 0 Å². The highest BCUT2D eigenvalue weighted by atomic mass is 19.1. The molecule has 5 rings (SSSR count). The number of hydrogen-bond donors (Lipinski definition) is 1. The van der Waals surface area contributed by atoms with Crippen molar-refractivity contribution in [2.75, 3.05) is 0 Å². The van der Waals surface area contributed by atoms with Gasteiger partial charge in [-0.3, -0.25) is 15.0 Å². The van der Waals surface area contributed by atoms with E-state index in [4.69, 9.17) is 9.98 Å². The van der Waals surface area contributed by atoms with E-state index >= 15 is 0 Å². The molecule has 3 heterocycles. The molecule has 1 aromatic carbocycles. The number of nitrogens with one attached hydrogen (secondary N) is 1. The van der Waals surface area contributed by atoms with Crippen LogP contribution in [0.25, 0.3) is 5.57 Å². The van der Waals surface area contributed by atoms with Crippen molar-refractivity contribution in [3.63, 3.8) is 0 Å². The number of rotatable bonds is 2. The Bertz CT molecular complexity index is 1230. The molecule has 154 valence electrons. The molecule has 0 saturated heterocycles. The SMILES string of the molecule is C/C=C1/C(=NCc2ccccc2F)NC=C2c3ccncc3CCc3ncccc3C21. The first-order chi connectivity index (χ1) is 15.3. The van der Waals surface area contributed by atoms with Gasteiger partial charge in [-0.05, 0) is 60.2 Å². The summed E-state index contributed by atoms with van der Waals surface area (Å²) in [6, 6.07) is 13.0. The third-order valence-electron chi connectivity index (χ3n) is 6.02. The highest BCUT2D eigenvalue weighted by Gasteiger charge is 2.33. The zero-order valence-electron chi connectivity index (χ0n) is 17.3. The van der Waals surface area contributed by atoms with Crippen LogP contribution in [0.2, 0.25) is 0 Å². The fourth-order valence-electron chi connectivity index (χ4n) is 4.50. The van der Waals surface area contributed by atoms with Gasteiger partial charge in [-0.1, -0.05) is 30.3 Å². The van der Waals surface area contributed by atoms with Gasteiger partial charge in [0.2, 0.25) is 0 Å². The molecule has 3 aromatic rings. The van der Waals surface area contributed by atoms with Crippen molar-refractivity contribution >= 4 is 11.4 Å². The maximum Gasteiger partial charge on any atom is 0.129 e. The molecule has 1 atom stereocenters. The van der Waals surface area contributed by atoms with E-state index in [0.717, 1.165) is 29.9 Å². The molecule has 1 aliphatic carbocycles. The van der Waals surface area contributed by atoms with Gasteiger partial charge in [0.05, 0.1) is 6.54 Å². The molecule has 0 spiro atoms. The molecule has 0 radical (unpaired) electrons. The minimum atomic E-state index is -0.233. The van der Waals surface area contributed by atoms with Crippen molar-refractivity contribution in [1.82, 2.24) is 15.3 Å². The second-order valence-electron chi connectivity index (χ2n) is 7.75. The number of aryl methyl sites for hydroxylation is 2. The lowest BCUT2D eigenvalue weighted by molar-refractivity contribution is 0.610. The van der Waals surface area contributed by atoms with Crippen LogP contribution in [0.5, 0.6) is 0 Å². The van der Waals surface area contributed by atoms with Gasteiger partial charge >= 0.3 is 0 Å². The van der Waals surface area contributed by atoms with Crippen LogP contribution in [0, 0.1) is 5.82 Å². The van der Waals surface area contributed by atoms with Crippen molar-refractivity contribution in [3.8, 4) is 0 Å². The van der Waals surface area contributed by atoms with E-state index in [9.17, 15) is 4.39 Å². The molecule has 0 fully saturated rings. The summed E-state index contributed by atoms with van der Waals surface area (Å²) in [6.45, 7) is 2.31. The standard InChI is InChI=1S/C26H23FN4/c1-2-19-25-21-7-5-12-29-24(21)10-9-17-14-28-13-11-20(17)22(25)16-31-26(19)30-15-18-6-3-4-8-23(18)27/h2-8,11-14,16,25H,9-10,15H2,1H3,(H,30,31)/b19-2+. The number of allylic oxidation sites excluding steroid dienone is 2. The first-order valence-electron chi connectivity index (χ1n) is 10.5. The smallest absolute Gasteiger partial charge is 0.129 e. The summed E-state index contributed by atoms with van der Waals surface area (Å²) in [5, 5.41) is 3.39. The zero-order valence-corrected chi connectivity index (χ0v) is 17.3. The number of pyridine rings is 2. The number of hydrogen-bond acceptors (Lipinski definition) is 3. The van der Waals surface area contributed by atoms with Crippen molar-refractivity contribution in [2.24, 2.45) is 4.99 Å². The van der Waals surface area contributed by atoms with Crippen LogP contribution in [0.15, 0.2) is 83.9 Å². The van der Waals surface area contributed by atoms with E-state index in [1.165, 1.54) is 28.3 Å². The Morgan fingerprint density at radius 3 is 2.90 bits per heavy atom. The number of amidine groups is 1. The van der Waals surface area contributed by atoms with E-state index in [1.54, 1.807) is 12.1 Å². The van der Waals surface area contributed by atoms with Gasteiger partial charge in [0.1, 0.15) is 11.7 Å². The normalized spacial score (nSPS) is 20.1. The van der Waals surface area contributed by atoms with Crippen LogP contribution in [-0.4, -0.2) is 15.8 Å². The fraction of sp³-hybridized carbons (Fsp3) is 0.192. The molecule has 31 heavy (non-hydrogen) atoms. The predicted octanol–water partition coefficient (Wildman–Crippen LogP) is 4.99. The second kappa shape index (κ2) is 8.26. The van der Waals surface area contributed by atoms with E-state index in [1.807, 2.05) is 43.8 Å². The lowest BCUT2D eigenvalue weighted by Gasteiger charge is -2.33. The minimum Gasteiger partial charge on any atom is -0.346 e. The minimum absolute atomic E-state index is 0.00997. The van der Waals surface area contributed by atoms with Crippen molar-refractivity contribution in [3.05, 3.63) is 113 Å². The monoisotopic (exact) mass is 410 g/mol. The summed E-state index contributed by atoms with van der Waals surface area (Å²) < 4.78 is 14.1. The number of fused-ring (bicyclic) bond motifs is 5. The Kier molecular flexibility index (Phi) is 5.16. The van der Waals surface area contributed by atoms with Crippen molar-refractivity contribution in [1.29, 1.82) is 0 Å². The Hall–Kier alpha value is -3.60. The summed E-state index contributed by atoms with van der Waals surface area (Å²) in [6.07, 6.45) is 11.6. The number of halogens is 1. The molecule has 4 nitrogen and oxygen atoms in total. The summed E-state index contributed by atoms with van der Waals surface area (Å²) in [4.78, 5) is 13.8. The first-order valence-corrected chi connectivity index (χ1v) is 10.5. The fourth-order valence-corrected chi connectivity index (χ4v) is 4.50. The van der Waals surface area contributed by atoms with E-state index in [2.05, 4.69) is 28.5 Å². The van der Waals surface area contributed by atoms with Gasteiger partial charge in [0.15, 0.2) is 0 Å². The highest BCUT2D eigenvalue weighted by molar-refractivity contribution is 6.06. The molecule has 0 saturated carbocycles. The molecule has 5 heteroatoms. The molecule has 1 unspecified atom stereocenters. The molecular weight excluding hydrogens is 387 g/mol. The van der Waals surface area contributed by atoms with E-state index < -0.39 is 0 Å². The Labute approximate surface area is 181 Å². The predicted molar refractivity (Wildman–Crippen MR) is 121 cm³/mol. The van der Waals surface area contributed by atoms with Gasteiger partial charge in [-0.2, -0.15) is 0 Å². The molecule has 2 aliphatic rings. The maximum absolute atomic E-state index is 14.1. The van der Waals surface area contributed by atoms with Crippen LogP contribution in [-0.2, 0) is 19.4 Å². The van der Waals surface area contributed by atoms with Crippen LogP contribution >= 0.6 is 0 Å². The second-order valence-corrected chi connectivity index (χ2v) is 7.75. The van der Waals surface area contributed by atoms with Gasteiger partial charge in [0.25, 0.3) is 0 Å². The Morgan fingerprint density at radius 2 is 2.03 bits per heavy atom. The molecule has 0 amide bonds. The average molecular weight is 410 g/mol. The van der Waals surface area contributed by atoms with Gasteiger partial charge in [-0.25, -0.2) is 4.39 Å². The Morgan fingerprint density at radius 1 is 1.13 bits per heavy atom. The largest absolute Gasteiger partial charge is 0.346 e. The van der Waals surface area contributed by atoms with Gasteiger partial charge < -0.3 is 5.32 Å². The third kappa shape index (κ3) is 3.56. The number of benzene rings is 1. The number of nitrogens with zero attached hydrogens (tertiary/aromatic N) is 3. The summed E-state index contributed by atoms with van der Waals surface area (Å²) >= 11 is 0. The van der Waals surface area contributed by atoms with Crippen molar-refractivity contribution < 1.29 is 4.39 Å². The van der Waals surface area contributed by atoms with Crippen LogP contribution in [0.3, 0.4) is 0 Å². The van der Waals surface area contributed by atoms with Crippen LogP contribution in [0.4, 0.5) is 4.39 Å². The summed E-state index contributed by atoms with van der Waals surface area (Å²) in [5.41, 5.74) is 7.57. The lowest BCUT2D eigenvalue weighted by Crippen LogP contribution is -2.31. The molecule has 1 aliphatic heterocycles. The molecule has 2 aromatic heterocycles. The summed E-state index contributed by atoms with van der Waals surface area (Å²) in [7, 11) is 0. The summed E-state index contributed by atoms with van der Waals surface area (Å²) in [5.74, 6) is 0.545. The number of aliphatic imine (C=N–C) groups is 1. The van der Waals surface area contributed by atoms with Crippen molar-refractivity contribution in [2.45, 2.75) is 32.2 Å². The van der Waals surface area contributed by atoms with E-state index in [-0.39, 0.29) is 18.3 Å². The highest BCUT2D eigenvalue weighted by Crippen LogP contribution is 2.43. The van der Waals surface area contributed by atoms with Crippen LogP contribution < -0.4 is 5.32 Å². The van der Waals surface area contributed by atoms with Crippen LogP contribution in [0.1, 0.15) is 40.8 Å². The third-order valence-corrected chi connectivity index (χ3v) is 6.02. The molecule has 1 N–H and O–H groups in total. The molecule has 0 bridgehead atoms. The first kappa shape index (κ1) is 19.4. The maximum atomic E-state index is 14.1. The zero-order chi connectivity index (χ0) is 21.2. The number of aromatic nitrogens is 2. The lowest BCUT2D eigenvalue weighted by atomic mass is 9.75.